The van der Waals surface area contributed by atoms with Crippen molar-refractivity contribution in [3.05, 3.63) is 59.2 Å². The third-order valence-corrected chi connectivity index (χ3v) is 9.26. The van der Waals surface area contributed by atoms with Crippen LogP contribution in [0.1, 0.15) is 37.0 Å². The van der Waals surface area contributed by atoms with Crippen LogP contribution in [0.25, 0.3) is 0 Å². The number of β-amino-alcohol motifs (C(OH)–C–C–N with tert-alkyl or cyclic N) is 1. The zero-order chi connectivity index (χ0) is 28.3. The lowest BCUT2D eigenvalue weighted by molar-refractivity contribution is -0.138. The number of likely N-dealkylation sites (N-methyl/N-ethyl adjacent to an activating group) is 1. The van der Waals surface area contributed by atoms with Gasteiger partial charge in [-0.15, -0.1) is 11.8 Å². The molecule has 3 rings (SSSR count). The van der Waals surface area contributed by atoms with E-state index < -0.39 is 44.5 Å². The van der Waals surface area contributed by atoms with Crippen LogP contribution < -0.4 is 5.32 Å². The molecule has 0 amide bonds. The second-order valence-corrected chi connectivity index (χ2v) is 13.4. The number of sulfonamides is 1. The van der Waals surface area contributed by atoms with Crippen LogP contribution >= 0.6 is 11.8 Å². The van der Waals surface area contributed by atoms with Gasteiger partial charge in [0, 0.05) is 30.6 Å². The molecule has 1 aliphatic carbocycles. The van der Waals surface area contributed by atoms with Crippen molar-refractivity contribution in [3.8, 4) is 0 Å². The fraction of sp³-hybridized carbons (Fsp3) is 0.500. The molecule has 0 saturated heterocycles. The molecule has 2 aromatic carbocycles. The summed E-state index contributed by atoms with van der Waals surface area (Å²) in [4.78, 5) is 10.1. The van der Waals surface area contributed by atoms with E-state index in [0.717, 1.165) is 35.7 Å². The Morgan fingerprint density at radius 2 is 1.76 bits per heavy atom. The van der Waals surface area contributed by atoms with Gasteiger partial charge in [-0.3, -0.25) is 4.79 Å². The summed E-state index contributed by atoms with van der Waals surface area (Å²) >= 11 is 0.593. The van der Waals surface area contributed by atoms with Crippen LogP contribution in [0, 0.1) is 5.92 Å². The highest BCUT2D eigenvalue weighted by Crippen LogP contribution is 2.35. The van der Waals surface area contributed by atoms with Gasteiger partial charge in [-0.05, 0) is 68.4 Å². The van der Waals surface area contributed by atoms with Crippen molar-refractivity contribution in [2.45, 2.75) is 60.7 Å². The van der Waals surface area contributed by atoms with E-state index in [0.29, 0.717) is 23.7 Å². The molecule has 0 heterocycles. The number of hydrogen-bond acceptors (Lipinski definition) is 6. The molecule has 0 bridgehead atoms. The molecule has 0 aromatic heterocycles. The minimum Gasteiger partial charge on any atom is -0.481 e. The number of hydrogen-bond donors (Lipinski definition) is 3. The van der Waals surface area contributed by atoms with E-state index in [1.165, 1.54) is 18.2 Å². The minimum atomic E-state index is -4.82. The van der Waals surface area contributed by atoms with Crippen molar-refractivity contribution in [3.63, 3.8) is 0 Å². The van der Waals surface area contributed by atoms with Crippen molar-refractivity contribution in [2.24, 2.45) is 5.92 Å². The summed E-state index contributed by atoms with van der Waals surface area (Å²) in [6.45, 7) is 3.78. The maximum Gasteiger partial charge on any atom is 0.416 e. The van der Waals surface area contributed by atoms with E-state index in [2.05, 4.69) is 17.4 Å². The maximum absolute atomic E-state index is 13.4. The summed E-state index contributed by atoms with van der Waals surface area (Å²) in [6.07, 6.45) is -3.12. The summed E-state index contributed by atoms with van der Waals surface area (Å²) in [5.74, 6) is -1.32. The molecule has 2 aromatic rings. The molecule has 12 heteroatoms. The van der Waals surface area contributed by atoms with Gasteiger partial charge in [0.05, 0.1) is 22.3 Å². The van der Waals surface area contributed by atoms with E-state index in [1.807, 2.05) is 26.0 Å². The Labute approximate surface area is 225 Å². The van der Waals surface area contributed by atoms with Crippen LogP contribution in [-0.2, 0) is 33.8 Å². The van der Waals surface area contributed by atoms with E-state index >= 15 is 0 Å². The number of fused-ring (bicyclic) bond motifs is 1. The molecule has 0 saturated carbocycles. The second-order valence-electron chi connectivity index (χ2n) is 10.3. The number of carboxylic acids is 1. The molecular formula is C26H33F3N2O5S2. The molecule has 210 valence electrons. The Morgan fingerprint density at radius 3 is 2.32 bits per heavy atom. The Hall–Kier alpha value is -2.12. The number of benzene rings is 2. The minimum absolute atomic E-state index is 0.0921. The summed E-state index contributed by atoms with van der Waals surface area (Å²) in [6, 6.07) is 10.6. The lowest BCUT2D eigenvalue weighted by atomic mass is 9.88. The highest BCUT2D eigenvalue weighted by atomic mass is 32.2. The molecule has 0 radical (unpaired) electrons. The van der Waals surface area contributed by atoms with Crippen LogP contribution in [0.5, 0.6) is 0 Å². The quantitative estimate of drug-likeness (QED) is 0.329. The first-order valence-electron chi connectivity index (χ1n) is 12.1. The van der Waals surface area contributed by atoms with Gasteiger partial charge in [-0.25, -0.2) is 8.42 Å². The highest BCUT2D eigenvalue weighted by Gasteiger charge is 2.34. The van der Waals surface area contributed by atoms with Gasteiger partial charge in [0.2, 0.25) is 10.0 Å². The third-order valence-electron chi connectivity index (χ3n) is 6.50. The average molecular weight is 575 g/mol. The first-order chi connectivity index (χ1) is 17.6. The topological polar surface area (TPSA) is 107 Å². The zero-order valence-corrected chi connectivity index (χ0v) is 23.1. The molecule has 0 spiro atoms. The van der Waals surface area contributed by atoms with Gasteiger partial charge in [-0.1, -0.05) is 24.3 Å². The van der Waals surface area contributed by atoms with Gasteiger partial charge < -0.3 is 15.5 Å². The van der Waals surface area contributed by atoms with Gasteiger partial charge >= 0.3 is 12.1 Å². The molecule has 3 N–H and O–H groups in total. The highest BCUT2D eigenvalue weighted by molar-refractivity contribution is 8.00. The van der Waals surface area contributed by atoms with Gasteiger partial charge in [0.15, 0.2) is 0 Å². The number of nitrogens with zero attached hydrogens (tertiary/aromatic N) is 1. The van der Waals surface area contributed by atoms with Crippen LogP contribution in [0.3, 0.4) is 0 Å². The fourth-order valence-corrected chi connectivity index (χ4v) is 6.80. The summed E-state index contributed by atoms with van der Waals surface area (Å²) < 4.78 is 67.2. The summed E-state index contributed by atoms with van der Waals surface area (Å²) in [5, 5.41) is 22.7. The van der Waals surface area contributed by atoms with Gasteiger partial charge in [0.1, 0.15) is 0 Å². The largest absolute Gasteiger partial charge is 0.481 e. The molecule has 0 fully saturated rings. The van der Waals surface area contributed by atoms with E-state index in [9.17, 15) is 31.5 Å². The average Bonchev–Trinajstić information content (AvgIpc) is 3.22. The first-order valence-corrected chi connectivity index (χ1v) is 14.5. The second kappa shape index (κ2) is 12.0. The molecule has 1 atom stereocenters. The molecule has 0 unspecified atom stereocenters. The summed E-state index contributed by atoms with van der Waals surface area (Å²) in [7, 11) is -3.21. The zero-order valence-electron chi connectivity index (χ0n) is 21.5. The number of halogens is 3. The van der Waals surface area contributed by atoms with Crippen molar-refractivity contribution in [1.29, 1.82) is 0 Å². The SMILES string of the molecule is CN(C[C@H](O)CNC(C)(C)CC1Cc2ccccc2C1)S(=O)(=O)c1cc(SCC(=O)O)cc(C(F)(F)F)c1. The van der Waals surface area contributed by atoms with Crippen LogP contribution in [0.4, 0.5) is 13.2 Å². The standard InChI is InChI=1S/C26H33F3N2O5S2/c1-25(2,13-17-8-18-6-4-5-7-19(18)9-17)30-14-21(32)15-31(3)38(35,36)23-11-20(26(27,28)29)10-22(12-23)37-16-24(33)34/h4-7,10-12,17,21,30,32H,8-9,13-16H2,1-3H3,(H,33,34)/t21-/m1/s1. The first kappa shape index (κ1) is 30.4. The summed E-state index contributed by atoms with van der Waals surface area (Å²) in [5.41, 5.74) is 1.17. The van der Waals surface area contributed by atoms with Crippen molar-refractivity contribution >= 4 is 27.8 Å². The van der Waals surface area contributed by atoms with Gasteiger partial charge in [0.25, 0.3) is 0 Å². The Bertz CT molecular complexity index is 1230. The van der Waals surface area contributed by atoms with Gasteiger partial charge in [-0.2, -0.15) is 17.5 Å². The number of aliphatic hydroxyl groups is 1. The van der Waals surface area contributed by atoms with E-state index in [-0.39, 0.29) is 23.5 Å². The smallest absolute Gasteiger partial charge is 0.416 e. The fourth-order valence-electron chi connectivity index (χ4n) is 4.73. The van der Waals surface area contributed by atoms with Crippen LogP contribution in [-0.4, -0.2) is 66.4 Å². The van der Waals surface area contributed by atoms with Crippen molar-refractivity contribution in [2.75, 3.05) is 25.9 Å². The lowest BCUT2D eigenvalue weighted by Gasteiger charge is -2.31. The molecule has 0 aliphatic heterocycles. The molecular weight excluding hydrogens is 541 g/mol. The Kier molecular flexibility index (Phi) is 9.57. The van der Waals surface area contributed by atoms with E-state index in [4.69, 9.17) is 5.11 Å². The Morgan fingerprint density at radius 1 is 1.16 bits per heavy atom. The molecule has 38 heavy (non-hydrogen) atoms. The Balaban J connectivity index is 1.62. The van der Waals surface area contributed by atoms with Crippen LogP contribution in [0.15, 0.2) is 52.3 Å². The van der Waals surface area contributed by atoms with E-state index in [1.54, 1.807) is 0 Å². The number of aliphatic hydroxyl groups excluding tert-OH is 1. The normalized spacial score (nSPS) is 15.6. The third kappa shape index (κ3) is 8.19. The molecule has 7 nitrogen and oxygen atoms in total. The number of aliphatic carboxylic acids is 1. The number of alkyl halides is 3. The molecule has 1 aliphatic rings. The maximum atomic E-state index is 13.4. The number of carboxylic acid groups (broad SMARTS) is 1. The van der Waals surface area contributed by atoms with Crippen molar-refractivity contribution in [1.82, 2.24) is 9.62 Å². The van der Waals surface area contributed by atoms with Crippen molar-refractivity contribution < 1.29 is 36.6 Å². The van der Waals surface area contributed by atoms with Crippen LogP contribution in [0.2, 0.25) is 0 Å². The number of carbonyl (C=O) groups is 1. The number of rotatable bonds is 12. The number of nitrogens with one attached hydrogen (secondary N) is 1. The monoisotopic (exact) mass is 574 g/mol. The lowest BCUT2D eigenvalue weighted by Crippen LogP contribution is -2.47. The predicted octanol–water partition coefficient (Wildman–Crippen LogP) is 4.04. The number of thioether (sulfide) groups is 1. The predicted molar refractivity (Wildman–Crippen MR) is 140 cm³/mol.